The van der Waals surface area contributed by atoms with E-state index in [1.807, 2.05) is 79.0 Å². The second kappa shape index (κ2) is 10.2. The zero-order chi connectivity index (χ0) is 22.3. The monoisotopic (exact) mass is 445 g/mol. The maximum absolute atomic E-state index is 13.1. The van der Waals surface area contributed by atoms with Crippen molar-refractivity contribution >= 4 is 28.9 Å². The highest BCUT2D eigenvalue weighted by Crippen LogP contribution is 2.26. The first kappa shape index (κ1) is 21.7. The van der Waals surface area contributed by atoms with Crippen LogP contribution in [0.3, 0.4) is 0 Å². The summed E-state index contributed by atoms with van der Waals surface area (Å²) in [5.41, 5.74) is 3.32. The van der Waals surface area contributed by atoms with Gasteiger partial charge in [-0.05, 0) is 54.1 Å². The van der Waals surface area contributed by atoms with Crippen molar-refractivity contribution in [2.75, 3.05) is 10.6 Å². The van der Waals surface area contributed by atoms with Crippen molar-refractivity contribution in [1.82, 2.24) is 4.57 Å². The fraction of sp³-hybridized carbons (Fsp3) is 0.115. The lowest BCUT2D eigenvalue weighted by atomic mass is 10.1. The lowest BCUT2D eigenvalue weighted by molar-refractivity contribution is -0.117. The van der Waals surface area contributed by atoms with E-state index in [4.69, 9.17) is 11.6 Å². The Hall–Kier alpha value is -3.54. The zero-order valence-corrected chi connectivity index (χ0v) is 18.1. The summed E-state index contributed by atoms with van der Waals surface area (Å²) in [5, 5.41) is 17.8. The number of para-hydroxylation sites is 1. The van der Waals surface area contributed by atoms with Crippen molar-refractivity contribution in [1.29, 1.82) is 0 Å². The number of carbonyl (C=O) groups is 1. The smallest absolute Gasteiger partial charge is 0.247 e. The molecule has 4 rings (SSSR count). The summed E-state index contributed by atoms with van der Waals surface area (Å²) in [6.07, 6.45) is 1.09. The van der Waals surface area contributed by atoms with Crippen LogP contribution in [0.4, 0.5) is 11.4 Å². The van der Waals surface area contributed by atoms with E-state index in [2.05, 4.69) is 10.6 Å². The first-order valence-electron chi connectivity index (χ1n) is 10.4. The molecule has 1 aromatic heterocycles. The number of aliphatic hydroxyl groups is 1. The number of halogens is 1. The molecular weight excluding hydrogens is 422 g/mol. The number of hydrogen-bond donors (Lipinski definition) is 3. The van der Waals surface area contributed by atoms with Gasteiger partial charge in [0.05, 0.1) is 5.69 Å². The van der Waals surface area contributed by atoms with E-state index < -0.39 is 12.3 Å². The molecule has 1 heterocycles. The fourth-order valence-corrected chi connectivity index (χ4v) is 3.69. The van der Waals surface area contributed by atoms with Gasteiger partial charge in [0, 0.05) is 29.0 Å². The highest BCUT2D eigenvalue weighted by Gasteiger charge is 2.24. The van der Waals surface area contributed by atoms with Gasteiger partial charge in [-0.25, -0.2) is 0 Å². The van der Waals surface area contributed by atoms with Gasteiger partial charge in [-0.15, -0.1) is 0 Å². The summed E-state index contributed by atoms with van der Waals surface area (Å²) in [6.45, 7) is 0. The maximum atomic E-state index is 13.1. The highest BCUT2D eigenvalue weighted by molar-refractivity contribution is 6.30. The predicted molar refractivity (Wildman–Crippen MR) is 130 cm³/mol. The summed E-state index contributed by atoms with van der Waals surface area (Å²) >= 11 is 5.95. The molecule has 3 aromatic carbocycles. The first-order chi connectivity index (χ1) is 15.6. The minimum atomic E-state index is -0.905. The fourth-order valence-electron chi connectivity index (χ4n) is 3.56. The lowest BCUT2D eigenvalue weighted by Crippen LogP contribution is -2.37. The first-order valence-corrected chi connectivity index (χ1v) is 10.8. The summed E-state index contributed by atoms with van der Waals surface area (Å²) in [5.74, 6) is -0.247. The minimum absolute atomic E-state index is 0.169. The molecule has 0 saturated carbocycles. The molecule has 0 aliphatic rings. The van der Waals surface area contributed by atoms with Crippen molar-refractivity contribution in [2.45, 2.75) is 18.7 Å². The number of rotatable bonds is 8. The standard InChI is InChI=1S/C26H24ClN3O2/c27-20-13-15-22(16-14-20)29-26(32)23(28-21-10-5-2-6-11-21)18-25(31)30-17-7-12-24(30)19-8-3-1-4-9-19/h1-17,23,25,28,31H,18H2,(H,29,32). The van der Waals surface area contributed by atoms with Crippen LogP contribution in [0.25, 0.3) is 11.3 Å². The Bertz CT molecular complexity index is 1140. The van der Waals surface area contributed by atoms with Gasteiger partial charge in [0.1, 0.15) is 12.3 Å². The van der Waals surface area contributed by atoms with E-state index in [0.717, 1.165) is 16.9 Å². The molecule has 0 bridgehead atoms. The molecule has 0 radical (unpaired) electrons. The second-order valence-corrected chi connectivity index (χ2v) is 7.88. The summed E-state index contributed by atoms with van der Waals surface area (Å²) < 4.78 is 1.78. The summed E-state index contributed by atoms with van der Waals surface area (Å²) in [7, 11) is 0. The van der Waals surface area contributed by atoms with Crippen LogP contribution >= 0.6 is 11.6 Å². The van der Waals surface area contributed by atoms with Crippen LogP contribution < -0.4 is 10.6 Å². The van der Waals surface area contributed by atoms with Crippen LogP contribution in [-0.2, 0) is 4.79 Å². The van der Waals surface area contributed by atoms with Crippen molar-refractivity contribution in [2.24, 2.45) is 0 Å². The van der Waals surface area contributed by atoms with Gasteiger partial charge in [0.25, 0.3) is 0 Å². The number of nitrogens with zero attached hydrogens (tertiary/aromatic N) is 1. The number of hydrogen-bond acceptors (Lipinski definition) is 3. The third-order valence-electron chi connectivity index (χ3n) is 5.16. The Balaban J connectivity index is 1.55. The Labute approximate surface area is 192 Å². The number of amides is 1. The number of nitrogens with one attached hydrogen (secondary N) is 2. The molecule has 0 fully saturated rings. The Morgan fingerprint density at radius 3 is 2.19 bits per heavy atom. The number of benzene rings is 3. The number of aliphatic hydroxyl groups excluding tert-OH is 1. The maximum Gasteiger partial charge on any atom is 0.247 e. The highest BCUT2D eigenvalue weighted by atomic mass is 35.5. The van der Waals surface area contributed by atoms with E-state index >= 15 is 0 Å². The minimum Gasteiger partial charge on any atom is -0.374 e. The molecule has 3 N–H and O–H groups in total. The van der Waals surface area contributed by atoms with E-state index in [1.165, 1.54) is 0 Å². The van der Waals surface area contributed by atoms with Gasteiger partial charge in [-0.3, -0.25) is 4.79 Å². The number of carbonyl (C=O) groups excluding carboxylic acids is 1. The molecule has 0 spiro atoms. The van der Waals surface area contributed by atoms with E-state index in [1.54, 1.807) is 28.8 Å². The normalized spacial score (nSPS) is 12.7. The zero-order valence-electron chi connectivity index (χ0n) is 17.4. The topological polar surface area (TPSA) is 66.3 Å². The van der Waals surface area contributed by atoms with Gasteiger partial charge in [-0.1, -0.05) is 60.1 Å². The van der Waals surface area contributed by atoms with Crippen LogP contribution in [0.15, 0.2) is 103 Å². The van der Waals surface area contributed by atoms with Crippen LogP contribution in [0, 0.1) is 0 Å². The lowest BCUT2D eigenvalue weighted by Gasteiger charge is -2.24. The predicted octanol–water partition coefficient (Wildman–Crippen LogP) is 5.81. The number of aromatic nitrogens is 1. The molecule has 5 nitrogen and oxygen atoms in total. The number of anilines is 2. The van der Waals surface area contributed by atoms with Crippen molar-refractivity contribution in [3.63, 3.8) is 0 Å². The van der Waals surface area contributed by atoms with Crippen LogP contribution in [0.5, 0.6) is 0 Å². The molecule has 32 heavy (non-hydrogen) atoms. The molecule has 2 unspecified atom stereocenters. The van der Waals surface area contributed by atoms with Crippen molar-refractivity contribution in [3.8, 4) is 11.3 Å². The summed E-state index contributed by atoms with van der Waals surface area (Å²) in [6, 6.07) is 29.4. The molecule has 162 valence electrons. The molecular formula is C26H24ClN3O2. The van der Waals surface area contributed by atoms with Crippen LogP contribution in [0.1, 0.15) is 12.6 Å². The molecule has 0 aliphatic carbocycles. The molecule has 1 amide bonds. The third-order valence-corrected chi connectivity index (χ3v) is 5.41. The molecule has 4 aromatic rings. The Morgan fingerprint density at radius 1 is 0.844 bits per heavy atom. The van der Waals surface area contributed by atoms with Crippen molar-refractivity contribution < 1.29 is 9.90 Å². The molecule has 0 saturated heterocycles. The van der Waals surface area contributed by atoms with Gasteiger partial charge in [-0.2, -0.15) is 0 Å². The van der Waals surface area contributed by atoms with Gasteiger partial charge >= 0.3 is 0 Å². The Kier molecular flexibility index (Phi) is 6.90. The van der Waals surface area contributed by atoms with Crippen LogP contribution in [-0.4, -0.2) is 21.6 Å². The average molecular weight is 446 g/mol. The SMILES string of the molecule is O=C(Nc1ccc(Cl)cc1)C(CC(O)n1cccc1-c1ccccc1)Nc1ccccc1. The van der Waals surface area contributed by atoms with Gasteiger partial charge in [0.2, 0.25) is 5.91 Å². The second-order valence-electron chi connectivity index (χ2n) is 7.44. The van der Waals surface area contributed by atoms with E-state index in [0.29, 0.717) is 10.7 Å². The third kappa shape index (κ3) is 5.38. The van der Waals surface area contributed by atoms with Crippen molar-refractivity contribution in [3.05, 3.63) is 108 Å². The Morgan fingerprint density at radius 2 is 1.50 bits per heavy atom. The van der Waals surface area contributed by atoms with E-state index in [-0.39, 0.29) is 12.3 Å². The quantitative estimate of drug-likeness (QED) is 0.320. The summed E-state index contributed by atoms with van der Waals surface area (Å²) in [4.78, 5) is 13.1. The average Bonchev–Trinajstić information content (AvgIpc) is 3.31. The molecule has 6 heteroatoms. The van der Waals surface area contributed by atoms with Gasteiger partial charge < -0.3 is 20.3 Å². The largest absolute Gasteiger partial charge is 0.374 e. The molecule has 0 aliphatic heterocycles. The molecule has 2 atom stereocenters. The van der Waals surface area contributed by atoms with E-state index in [9.17, 15) is 9.90 Å². The van der Waals surface area contributed by atoms with Crippen LogP contribution in [0.2, 0.25) is 5.02 Å². The van der Waals surface area contributed by atoms with Gasteiger partial charge in [0.15, 0.2) is 0 Å².